The predicted octanol–water partition coefficient (Wildman–Crippen LogP) is 3.91. The molecule has 0 bridgehead atoms. The molecule has 1 aromatic carbocycles. The summed E-state index contributed by atoms with van der Waals surface area (Å²) in [5, 5.41) is 0. The van der Waals surface area contributed by atoms with Crippen LogP contribution in [0.15, 0.2) is 16.6 Å². The van der Waals surface area contributed by atoms with Crippen LogP contribution in [-0.2, 0) is 0 Å². The Balaban J connectivity index is 2.69. The van der Waals surface area contributed by atoms with Crippen LogP contribution >= 0.6 is 15.9 Å². The maximum atomic E-state index is 13.0. The molecule has 0 N–H and O–H groups in total. The molecular formula is C10H11BrF2O. The predicted molar refractivity (Wildman–Crippen MR) is 54.5 cm³/mol. The highest BCUT2D eigenvalue weighted by atomic mass is 79.9. The van der Waals surface area contributed by atoms with Crippen molar-refractivity contribution in [3.63, 3.8) is 0 Å². The van der Waals surface area contributed by atoms with Crippen LogP contribution in [0.3, 0.4) is 0 Å². The molecule has 0 saturated carbocycles. The third-order valence-corrected chi connectivity index (χ3v) is 2.48. The zero-order valence-electron chi connectivity index (χ0n) is 7.82. The van der Waals surface area contributed by atoms with Crippen molar-refractivity contribution < 1.29 is 13.5 Å². The molecule has 0 amide bonds. The number of benzene rings is 1. The van der Waals surface area contributed by atoms with E-state index in [0.29, 0.717) is 6.61 Å². The average Bonchev–Trinajstić information content (AvgIpc) is 2.14. The first-order valence-electron chi connectivity index (χ1n) is 4.42. The van der Waals surface area contributed by atoms with Crippen molar-refractivity contribution >= 4 is 15.9 Å². The third kappa shape index (κ3) is 2.94. The fourth-order valence-corrected chi connectivity index (χ4v) is 1.18. The Morgan fingerprint density at radius 3 is 2.36 bits per heavy atom. The van der Waals surface area contributed by atoms with E-state index in [-0.39, 0.29) is 10.2 Å². The van der Waals surface area contributed by atoms with Gasteiger partial charge in [-0.1, -0.05) is 13.3 Å². The lowest BCUT2D eigenvalue weighted by Crippen LogP contribution is -1.98. The van der Waals surface area contributed by atoms with Crippen LogP contribution in [0.25, 0.3) is 0 Å². The molecule has 0 aromatic heterocycles. The Morgan fingerprint density at radius 1 is 1.29 bits per heavy atom. The van der Waals surface area contributed by atoms with Gasteiger partial charge >= 0.3 is 0 Å². The van der Waals surface area contributed by atoms with Gasteiger partial charge in [0.1, 0.15) is 17.4 Å². The molecule has 78 valence electrons. The number of halogens is 3. The van der Waals surface area contributed by atoms with Gasteiger partial charge in [0.05, 0.1) is 11.1 Å². The number of unbranched alkanes of at least 4 members (excludes halogenated alkanes) is 1. The summed E-state index contributed by atoms with van der Waals surface area (Å²) in [5.41, 5.74) is 0. The van der Waals surface area contributed by atoms with E-state index in [9.17, 15) is 8.78 Å². The molecule has 0 unspecified atom stereocenters. The van der Waals surface area contributed by atoms with Gasteiger partial charge in [0.2, 0.25) is 0 Å². The summed E-state index contributed by atoms with van der Waals surface area (Å²) < 4.78 is 31.0. The van der Waals surface area contributed by atoms with Crippen molar-refractivity contribution in [1.82, 2.24) is 0 Å². The average molecular weight is 265 g/mol. The molecule has 1 aromatic rings. The molecule has 1 nitrogen and oxygen atoms in total. The van der Waals surface area contributed by atoms with Gasteiger partial charge in [-0.2, -0.15) is 0 Å². The third-order valence-electron chi connectivity index (χ3n) is 1.72. The summed E-state index contributed by atoms with van der Waals surface area (Å²) in [6, 6.07) is 2.34. The molecule has 0 spiro atoms. The fourth-order valence-electron chi connectivity index (χ4n) is 0.950. The maximum absolute atomic E-state index is 13.0. The number of hydrogen-bond acceptors (Lipinski definition) is 1. The lowest BCUT2D eigenvalue weighted by atomic mass is 10.3. The summed E-state index contributed by atoms with van der Waals surface area (Å²) in [6.07, 6.45) is 1.86. The first-order chi connectivity index (χ1) is 6.65. The van der Waals surface area contributed by atoms with Crippen LogP contribution < -0.4 is 4.74 Å². The van der Waals surface area contributed by atoms with E-state index >= 15 is 0 Å². The Kier molecular flexibility index (Phi) is 4.32. The topological polar surface area (TPSA) is 9.23 Å². The summed E-state index contributed by atoms with van der Waals surface area (Å²) in [7, 11) is 0. The van der Waals surface area contributed by atoms with Crippen molar-refractivity contribution in [3.8, 4) is 5.75 Å². The van der Waals surface area contributed by atoms with E-state index in [1.165, 1.54) is 12.1 Å². The van der Waals surface area contributed by atoms with Gasteiger partial charge < -0.3 is 4.74 Å². The highest BCUT2D eigenvalue weighted by Crippen LogP contribution is 2.25. The quantitative estimate of drug-likeness (QED) is 0.592. The van der Waals surface area contributed by atoms with Gasteiger partial charge in [0, 0.05) is 12.1 Å². The largest absolute Gasteiger partial charge is 0.493 e. The Bertz CT molecular complexity index is 292. The Hall–Kier alpha value is -0.640. The van der Waals surface area contributed by atoms with E-state index in [4.69, 9.17) is 4.74 Å². The molecular weight excluding hydrogens is 254 g/mol. The molecule has 0 radical (unpaired) electrons. The fraction of sp³-hybridized carbons (Fsp3) is 0.400. The van der Waals surface area contributed by atoms with E-state index in [2.05, 4.69) is 15.9 Å². The minimum absolute atomic E-state index is 0.152. The van der Waals surface area contributed by atoms with Gasteiger partial charge in [0.15, 0.2) is 0 Å². The van der Waals surface area contributed by atoms with Crippen molar-refractivity contribution in [3.05, 3.63) is 28.2 Å². The number of ether oxygens (including phenoxy) is 1. The molecule has 4 heteroatoms. The minimum atomic E-state index is -0.642. The molecule has 0 heterocycles. The zero-order chi connectivity index (χ0) is 10.6. The van der Waals surface area contributed by atoms with Crippen molar-refractivity contribution in [2.24, 2.45) is 0 Å². The van der Waals surface area contributed by atoms with Crippen molar-refractivity contribution in [2.75, 3.05) is 6.61 Å². The standard InChI is InChI=1S/C10H11BrF2O/c1-2-3-4-14-7-5-8(12)10(11)9(13)6-7/h5-6H,2-4H2,1H3. The lowest BCUT2D eigenvalue weighted by Gasteiger charge is -2.06. The SMILES string of the molecule is CCCCOc1cc(F)c(Br)c(F)c1. The van der Waals surface area contributed by atoms with Gasteiger partial charge in [-0.25, -0.2) is 8.78 Å². The minimum Gasteiger partial charge on any atom is -0.493 e. The van der Waals surface area contributed by atoms with Crippen LogP contribution in [-0.4, -0.2) is 6.61 Å². The highest BCUT2D eigenvalue weighted by Gasteiger charge is 2.08. The molecule has 0 atom stereocenters. The van der Waals surface area contributed by atoms with Crippen LogP contribution in [0.4, 0.5) is 8.78 Å². The Morgan fingerprint density at radius 2 is 1.86 bits per heavy atom. The number of rotatable bonds is 4. The number of hydrogen-bond donors (Lipinski definition) is 0. The van der Waals surface area contributed by atoms with Crippen molar-refractivity contribution in [1.29, 1.82) is 0 Å². The lowest BCUT2D eigenvalue weighted by molar-refractivity contribution is 0.306. The van der Waals surface area contributed by atoms with Crippen LogP contribution in [0.2, 0.25) is 0 Å². The Labute approximate surface area is 90.2 Å². The maximum Gasteiger partial charge on any atom is 0.144 e. The highest BCUT2D eigenvalue weighted by molar-refractivity contribution is 9.10. The molecule has 0 aliphatic carbocycles. The summed E-state index contributed by atoms with van der Waals surface area (Å²) in [5.74, 6) is -1.05. The molecule has 0 aliphatic heterocycles. The molecule has 0 saturated heterocycles. The first-order valence-corrected chi connectivity index (χ1v) is 5.21. The van der Waals surface area contributed by atoms with E-state index in [1.807, 2.05) is 6.92 Å². The summed E-state index contributed by atoms with van der Waals surface area (Å²) >= 11 is 2.79. The second-order valence-corrected chi connectivity index (χ2v) is 3.70. The van der Waals surface area contributed by atoms with E-state index in [0.717, 1.165) is 12.8 Å². The summed E-state index contributed by atoms with van der Waals surface area (Å²) in [4.78, 5) is 0. The second-order valence-electron chi connectivity index (χ2n) is 2.90. The van der Waals surface area contributed by atoms with Crippen LogP contribution in [0.1, 0.15) is 19.8 Å². The smallest absolute Gasteiger partial charge is 0.144 e. The molecule has 0 fully saturated rings. The normalized spacial score (nSPS) is 10.3. The van der Waals surface area contributed by atoms with Gasteiger partial charge in [0.25, 0.3) is 0 Å². The van der Waals surface area contributed by atoms with Crippen molar-refractivity contribution in [2.45, 2.75) is 19.8 Å². The zero-order valence-corrected chi connectivity index (χ0v) is 9.40. The van der Waals surface area contributed by atoms with Crippen LogP contribution in [0, 0.1) is 11.6 Å². The van der Waals surface area contributed by atoms with E-state index < -0.39 is 11.6 Å². The van der Waals surface area contributed by atoms with E-state index in [1.54, 1.807) is 0 Å². The van der Waals surface area contributed by atoms with Gasteiger partial charge in [-0.3, -0.25) is 0 Å². The second kappa shape index (κ2) is 5.29. The van der Waals surface area contributed by atoms with Gasteiger partial charge in [-0.15, -0.1) is 0 Å². The molecule has 0 aliphatic rings. The van der Waals surface area contributed by atoms with Crippen LogP contribution in [0.5, 0.6) is 5.75 Å². The van der Waals surface area contributed by atoms with Gasteiger partial charge in [-0.05, 0) is 22.4 Å². The summed E-state index contributed by atoms with van der Waals surface area (Å²) in [6.45, 7) is 2.50. The molecule has 1 rings (SSSR count). The first kappa shape index (κ1) is 11.4. The monoisotopic (exact) mass is 264 g/mol. The molecule has 14 heavy (non-hydrogen) atoms.